The molecule has 0 aliphatic rings. The van der Waals surface area contributed by atoms with Crippen molar-refractivity contribution in [1.82, 2.24) is 4.98 Å². The van der Waals surface area contributed by atoms with Crippen molar-refractivity contribution < 1.29 is 10.2 Å². The molecular weight excluding hydrogens is 234 g/mol. The monoisotopic (exact) mass is 249 g/mol. The number of aliphatic hydroxyl groups is 1. The Hall–Kier alpha value is -1.39. The first kappa shape index (κ1) is 12.1. The van der Waals surface area contributed by atoms with Crippen molar-refractivity contribution in [1.29, 1.82) is 0 Å². The molecule has 0 radical (unpaired) electrons. The number of phenolic OH excluding ortho intramolecular Hbond substituents is 1. The van der Waals surface area contributed by atoms with Crippen LogP contribution < -0.4 is 0 Å². The Labute approximate surface area is 104 Å². The second kappa shape index (κ2) is 5.29. The van der Waals surface area contributed by atoms with Gasteiger partial charge in [0, 0.05) is 29.5 Å². The maximum absolute atomic E-state index is 9.66. The van der Waals surface area contributed by atoms with Gasteiger partial charge in [-0.3, -0.25) is 0 Å². The summed E-state index contributed by atoms with van der Waals surface area (Å²) in [4.78, 5) is 5.38. The Morgan fingerprint density at radius 3 is 2.82 bits per heavy atom. The number of hydrogen-bond acceptors (Lipinski definition) is 4. The largest absolute Gasteiger partial charge is 0.508 e. The Morgan fingerprint density at radius 2 is 2.12 bits per heavy atom. The first-order valence-corrected chi connectivity index (χ1v) is 6.35. The summed E-state index contributed by atoms with van der Waals surface area (Å²) in [5.74, 6) is 0.305. The fourth-order valence-electron chi connectivity index (χ4n) is 1.64. The smallest absolute Gasteiger partial charge is 0.119 e. The van der Waals surface area contributed by atoms with Crippen LogP contribution in [-0.2, 0) is 12.8 Å². The van der Waals surface area contributed by atoms with E-state index in [1.165, 1.54) is 0 Å². The molecule has 0 aliphatic heterocycles. The van der Waals surface area contributed by atoms with E-state index >= 15 is 0 Å². The molecule has 1 aromatic carbocycles. The minimum absolute atomic E-state index is 0.305. The molecule has 0 spiro atoms. The number of hydrogen-bond donors (Lipinski definition) is 2. The van der Waals surface area contributed by atoms with Crippen molar-refractivity contribution in [2.24, 2.45) is 0 Å². The number of aliphatic hydroxyl groups excluding tert-OH is 1. The van der Waals surface area contributed by atoms with Crippen LogP contribution in [0.15, 0.2) is 30.5 Å². The Balaban J connectivity index is 2.09. The first-order valence-electron chi connectivity index (χ1n) is 5.53. The molecular formula is C13H15NO2S. The number of aromatic nitrogens is 1. The van der Waals surface area contributed by atoms with E-state index in [4.69, 9.17) is 0 Å². The molecule has 0 aliphatic carbocycles. The highest BCUT2D eigenvalue weighted by atomic mass is 32.1. The van der Waals surface area contributed by atoms with E-state index in [1.54, 1.807) is 36.6 Å². The van der Waals surface area contributed by atoms with Gasteiger partial charge in [0.05, 0.1) is 11.1 Å². The summed E-state index contributed by atoms with van der Waals surface area (Å²) in [6.07, 6.45) is 2.73. The Kier molecular flexibility index (Phi) is 3.76. The average molecular weight is 249 g/mol. The zero-order valence-electron chi connectivity index (χ0n) is 9.63. The lowest BCUT2D eigenvalue weighted by Crippen LogP contribution is -2.01. The molecule has 0 saturated carbocycles. The molecule has 0 fully saturated rings. The normalized spacial score (nSPS) is 12.6. The molecule has 2 N–H and O–H groups in total. The maximum atomic E-state index is 9.66. The lowest BCUT2D eigenvalue weighted by molar-refractivity contribution is 0.196. The van der Waals surface area contributed by atoms with Crippen LogP contribution in [0.3, 0.4) is 0 Å². The molecule has 2 rings (SSSR count). The summed E-state index contributed by atoms with van der Waals surface area (Å²) in [7, 11) is 0. The van der Waals surface area contributed by atoms with Crippen molar-refractivity contribution in [2.75, 3.05) is 0 Å². The van der Waals surface area contributed by atoms with Gasteiger partial charge in [-0.1, -0.05) is 18.2 Å². The third kappa shape index (κ3) is 3.28. The van der Waals surface area contributed by atoms with Gasteiger partial charge in [-0.2, -0.15) is 0 Å². The summed E-state index contributed by atoms with van der Waals surface area (Å²) < 4.78 is 0. The number of thiazole rings is 1. The number of aromatic hydroxyl groups is 1. The number of para-hydroxylation sites is 1. The van der Waals surface area contributed by atoms with Crippen molar-refractivity contribution in [3.05, 3.63) is 45.9 Å². The summed E-state index contributed by atoms with van der Waals surface area (Å²) in [5.41, 5.74) is 0.880. The molecule has 2 aromatic rings. The van der Waals surface area contributed by atoms with E-state index in [0.29, 0.717) is 18.6 Å². The van der Waals surface area contributed by atoms with Gasteiger partial charge < -0.3 is 10.2 Å². The van der Waals surface area contributed by atoms with E-state index < -0.39 is 0 Å². The Bertz CT molecular complexity index is 494. The van der Waals surface area contributed by atoms with E-state index in [-0.39, 0.29) is 6.10 Å². The SMILES string of the molecule is CC(O)Cc1cnc(Cc2ccccc2O)s1. The van der Waals surface area contributed by atoms with Gasteiger partial charge in [0.25, 0.3) is 0 Å². The van der Waals surface area contributed by atoms with Gasteiger partial charge in [-0.25, -0.2) is 4.98 Å². The van der Waals surface area contributed by atoms with Crippen LogP contribution in [0.5, 0.6) is 5.75 Å². The van der Waals surface area contributed by atoms with Gasteiger partial charge in [0.1, 0.15) is 5.75 Å². The number of nitrogens with zero attached hydrogens (tertiary/aromatic N) is 1. The molecule has 90 valence electrons. The first-order chi connectivity index (χ1) is 8.15. The second-order valence-electron chi connectivity index (χ2n) is 4.08. The van der Waals surface area contributed by atoms with Crippen molar-refractivity contribution in [3.8, 4) is 5.75 Å². The molecule has 1 heterocycles. The highest BCUT2D eigenvalue weighted by molar-refractivity contribution is 7.11. The van der Waals surface area contributed by atoms with E-state index in [0.717, 1.165) is 15.4 Å². The average Bonchev–Trinajstić information content (AvgIpc) is 2.68. The second-order valence-corrected chi connectivity index (χ2v) is 5.28. The number of benzene rings is 1. The van der Waals surface area contributed by atoms with Crippen LogP contribution in [-0.4, -0.2) is 21.3 Å². The minimum Gasteiger partial charge on any atom is -0.508 e. The number of phenols is 1. The van der Waals surface area contributed by atoms with Gasteiger partial charge in [-0.05, 0) is 13.0 Å². The van der Waals surface area contributed by atoms with Crippen molar-refractivity contribution in [3.63, 3.8) is 0 Å². The summed E-state index contributed by atoms with van der Waals surface area (Å²) >= 11 is 1.58. The van der Waals surface area contributed by atoms with Crippen LogP contribution in [0.1, 0.15) is 22.4 Å². The molecule has 0 amide bonds. The molecule has 1 aromatic heterocycles. The van der Waals surface area contributed by atoms with Gasteiger partial charge in [0.15, 0.2) is 0 Å². The molecule has 0 saturated heterocycles. The molecule has 1 atom stereocenters. The quantitative estimate of drug-likeness (QED) is 0.874. The van der Waals surface area contributed by atoms with Gasteiger partial charge in [0.2, 0.25) is 0 Å². The molecule has 3 nitrogen and oxygen atoms in total. The number of rotatable bonds is 4. The fourth-order valence-corrected chi connectivity index (χ4v) is 2.70. The summed E-state index contributed by atoms with van der Waals surface area (Å²) in [6.45, 7) is 1.77. The topological polar surface area (TPSA) is 53.4 Å². The third-order valence-electron chi connectivity index (χ3n) is 2.43. The fraction of sp³-hybridized carbons (Fsp3) is 0.308. The minimum atomic E-state index is -0.339. The van der Waals surface area contributed by atoms with E-state index in [2.05, 4.69) is 4.98 Å². The predicted molar refractivity (Wildman–Crippen MR) is 68.4 cm³/mol. The van der Waals surface area contributed by atoms with Crippen LogP contribution in [0, 0.1) is 0 Å². The van der Waals surface area contributed by atoms with Crippen LogP contribution in [0.2, 0.25) is 0 Å². The molecule has 4 heteroatoms. The summed E-state index contributed by atoms with van der Waals surface area (Å²) in [6, 6.07) is 7.28. The van der Waals surface area contributed by atoms with Gasteiger partial charge >= 0.3 is 0 Å². The van der Waals surface area contributed by atoms with Crippen LogP contribution in [0.25, 0.3) is 0 Å². The van der Waals surface area contributed by atoms with E-state index in [1.807, 2.05) is 12.1 Å². The van der Waals surface area contributed by atoms with Crippen molar-refractivity contribution >= 4 is 11.3 Å². The lowest BCUT2D eigenvalue weighted by Gasteiger charge is -2.01. The highest BCUT2D eigenvalue weighted by Gasteiger charge is 2.07. The third-order valence-corrected chi connectivity index (χ3v) is 3.45. The molecule has 1 unspecified atom stereocenters. The maximum Gasteiger partial charge on any atom is 0.119 e. The van der Waals surface area contributed by atoms with Crippen LogP contribution in [0.4, 0.5) is 0 Å². The summed E-state index contributed by atoms with van der Waals surface area (Å²) in [5, 5.41) is 19.9. The molecule has 17 heavy (non-hydrogen) atoms. The highest BCUT2D eigenvalue weighted by Crippen LogP contribution is 2.23. The Morgan fingerprint density at radius 1 is 1.35 bits per heavy atom. The lowest BCUT2D eigenvalue weighted by atomic mass is 10.1. The zero-order chi connectivity index (χ0) is 12.3. The standard InChI is InChI=1S/C13H15NO2S/c1-9(15)6-11-8-14-13(17-11)7-10-4-2-3-5-12(10)16/h2-5,8-9,15-16H,6-7H2,1H3. The molecule has 0 bridgehead atoms. The van der Waals surface area contributed by atoms with Crippen LogP contribution >= 0.6 is 11.3 Å². The predicted octanol–water partition coefficient (Wildman–Crippen LogP) is 2.36. The van der Waals surface area contributed by atoms with Crippen molar-refractivity contribution in [2.45, 2.75) is 25.9 Å². The zero-order valence-corrected chi connectivity index (χ0v) is 10.4. The van der Waals surface area contributed by atoms with E-state index in [9.17, 15) is 10.2 Å². The van der Waals surface area contributed by atoms with Gasteiger partial charge in [-0.15, -0.1) is 11.3 Å².